The lowest BCUT2D eigenvalue weighted by Crippen LogP contribution is -2.47. The first kappa shape index (κ1) is 12.1. The minimum atomic E-state index is -3.83. The Morgan fingerprint density at radius 2 is 2.17 bits per heavy atom. The number of hydrogen-bond donors (Lipinski definition) is 2. The van der Waals surface area contributed by atoms with Crippen LogP contribution in [0.2, 0.25) is 0 Å². The van der Waals surface area contributed by atoms with E-state index in [0.717, 1.165) is 25.7 Å². The molecule has 4 N–H and O–H groups in total. The highest BCUT2D eigenvalue weighted by atomic mass is 31.2. The molecule has 0 aromatic rings. The fraction of sp³-hybridized carbons (Fsp3) is 1.00. The predicted octanol–water partition coefficient (Wildman–Crippen LogP) is 0.857. The maximum Gasteiger partial charge on any atom is 0.754 e. The molecule has 0 aromatic heterocycles. The van der Waals surface area contributed by atoms with Crippen molar-refractivity contribution in [3.63, 3.8) is 0 Å². The van der Waals surface area contributed by atoms with Crippen molar-refractivity contribution in [1.29, 1.82) is 0 Å². The van der Waals surface area contributed by atoms with Crippen LogP contribution in [-0.4, -0.2) is 11.5 Å². The summed E-state index contributed by atoms with van der Waals surface area (Å²) >= 11 is 0. The fourth-order valence-electron chi connectivity index (χ4n) is 0.746. The summed E-state index contributed by atoms with van der Waals surface area (Å²) in [5.41, 5.74) is 0. The van der Waals surface area contributed by atoms with Crippen molar-refractivity contribution in [2.24, 2.45) is 0 Å². The van der Waals surface area contributed by atoms with Gasteiger partial charge in [-0.05, 0) is 11.0 Å². The van der Waals surface area contributed by atoms with Gasteiger partial charge < -0.3 is 0 Å². The predicted molar refractivity (Wildman–Crippen MR) is 43.9 cm³/mol. The Labute approximate surface area is 72.4 Å². The highest BCUT2D eigenvalue weighted by Gasteiger charge is 2.38. The maximum absolute atomic E-state index is 10.7. The van der Waals surface area contributed by atoms with Crippen molar-refractivity contribution in [2.75, 3.05) is 6.61 Å². The van der Waals surface area contributed by atoms with E-state index in [1.165, 1.54) is 0 Å². The number of hydrogen-bond acceptors (Lipinski definition) is 3. The molecule has 0 saturated carbocycles. The van der Waals surface area contributed by atoms with Crippen molar-refractivity contribution in [3.05, 3.63) is 0 Å². The van der Waals surface area contributed by atoms with E-state index >= 15 is 0 Å². The molecule has 0 bridgehead atoms. The number of rotatable bonds is 7. The van der Waals surface area contributed by atoms with Crippen LogP contribution in [0.3, 0.4) is 0 Å². The summed E-state index contributed by atoms with van der Waals surface area (Å²) in [6.07, 6.45) is 4.03. The second-order valence-electron chi connectivity index (χ2n) is 2.49. The molecule has 0 aliphatic heterocycles. The number of phosphoric acid groups is 1. The molecule has 1 unspecified atom stereocenters. The molecule has 0 amide bonds. The van der Waals surface area contributed by atoms with E-state index in [1.54, 1.807) is 0 Å². The molecule has 73 valence electrons. The lowest BCUT2D eigenvalue weighted by atomic mass is 10.2. The van der Waals surface area contributed by atoms with Crippen molar-refractivity contribution >= 4 is 7.82 Å². The zero-order valence-electron chi connectivity index (χ0n) is 7.36. The van der Waals surface area contributed by atoms with Crippen LogP contribution in [-0.2, 0) is 13.7 Å². The zero-order valence-corrected chi connectivity index (χ0v) is 8.26. The second-order valence-corrected chi connectivity index (χ2v) is 3.95. The van der Waals surface area contributed by atoms with Gasteiger partial charge in [0.2, 0.25) is 6.61 Å². The van der Waals surface area contributed by atoms with Gasteiger partial charge >= 0.3 is 7.82 Å². The van der Waals surface area contributed by atoms with Crippen LogP contribution >= 0.6 is 7.82 Å². The molecule has 6 heteroatoms. The van der Waals surface area contributed by atoms with Crippen molar-refractivity contribution in [3.8, 4) is 0 Å². The van der Waals surface area contributed by atoms with E-state index in [-0.39, 0.29) is 6.61 Å². The van der Waals surface area contributed by atoms with E-state index in [2.05, 4.69) is 22.0 Å². The highest BCUT2D eigenvalue weighted by molar-refractivity contribution is 7.47. The number of phosphoric ester groups is 1. The summed E-state index contributed by atoms with van der Waals surface area (Å²) in [7, 11) is -3.83. The van der Waals surface area contributed by atoms with Crippen molar-refractivity contribution < 1.29 is 24.5 Å². The molecule has 1 radical (unpaired) electrons. The monoisotopic (exact) mass is 198 g/mol. The molecule has 0 fully saturated rings. The Balaban J connectivity index is 3.25. The first-order valence-corrected chi connectivity index (χ1v) is 5.53. The molecule has 12 heavy (non-hydrogen) atoms. The molecule has 0 aliphatic carbocycles. The molecule has 0 rings (SSSR count). The molecule has 0 heterocycles. The molecular weight excluding hydrogens is 181 g/mol. The van der Waals surface area contributed by atoms with E-state index in [1.807, 2.05) is 0 Å². The summed E-state index contributed by atoms with van der Waals surface area (Å²) in [6.45, 7) is 2.35. The maximum atomic E-state index is 10.7. The highest BCUT2D eigenvalue weighted by Crippen LogP contribution is 2.40. The van der Waals surface area contributed by atoms with Gasteiger partial charge in [0, 0.05) is 6.42 Å². The minimum absolute atomic E-state index is 0.253. The minimum Gasteiger partial charge on any atom is -0.253 e. The van der Waals surface area contributed by atoms with Crippen LogP contribution in [0.25, 0.3) is 0 Å². The van der Waals surface area contributed by atoms with Crippen LogP contribution in [0, 0.1) is 0 Å². The molecule has 0 spiro atoms. The lowest BCUT2D eigenvalue weighted by Gasteiger charge is -1.93. The van der Waals surface area contributed by atoms with Gasteiger partial charge in [-0.25, -0.2) is 0 Å². The van der Waals surface area contributed by atoms with Crippen LogP contribution in [0.1, 0.15) is 32.6 Å². The van der Waals surface area contributed by atoms with Crippen LogP contribution in [0.4, 0.5) is 0 Å². The Bertz CT molecular complexity index is 152. The van der Waals surface area contributed by atoms with Crippen LogP contribution in [0.5, 0.6) is 0 Å². The Hall–Kier alpha value is 0.0700. The second kappa shape index (κ2) is 6.57. The Morgan fingerprint density at radius 3 is 2.67 bits per heavy atom. The van der Waals surface area contributed by atoms with Gasteiger partial charge in [-0.1, -0.05) is 24.3 Å². The third-order valence-electron chi connectivity index (χ3n) is 1.42. The SMILES string of the molecule is CCCCCC[O+]P(=O)(O)O[NH3+]. The smallest absolute Gasteiger partial charge is 0.253 e. The number of unbranched alkanes of at least 4 members (excludes halogenated alkanes) is 3. The average Bonchev–Trinajstić information content (AvgIpc) is 2.04. The summed E-state index contributed by atoms with van der Waals surface area (Å²) in [4.78, 5) is 8.73. The van der Waals surface area contributed by atoms with Gasteiger partial charge in [0.05, 0.1) is 0 Å². The van der Waals surface area contributed by atoms with Gasteiger partial charge in [0.1, 0.15) is 0 Å². The van der Waals surface area contributed by atoms with Gasteiger partial charge in [0.15, 0.2) is 0 Å². The van der Waals surface area contributed by atoms with Gasteiger partial charge in [-0.15, -0.1) is 0 Å². The van der Waals surface area contributed by atoms with E-state index in [9.17, 15) is 4.57 Å². The zero-order chi connectivity index (χ0) is 9.45. The van der Waals surface area contributed by atoms with Crippen molar-refractivity contribution in [2.45, 2.75) is 32.6 Å². The summed E-state index contributed by atoms with van der Waals surface area (Å²) in [5.74, 6) is 2.83. The third kappa shape index (κ3) is 6.76. The Morgan fingerprint density at radius 1 is 1.50 bits per heavy atom. The summed E-state index contributed by atoms with van der Waals surface area (Å²) < 4.78 is 19.2. The molecule has 1 atom stereocenters. The fourth-order valence-corrected chi connectivity index (χ4v) is 1.18. The van der Waals surface area contributed by atoms with E-state index in [4.69, 9.17) is 4.89 Å². The quantitative estimate of drug-likeness (QED) is 0.275. The van der Waals surface area contributed by atoms with Crippen LogP contribution in [0.15, 0.2) is 0 Å². The Kier molecular flexibility index (Phi) is 6.61. The van der Waals surface area contributed by atoms with Crippen molar-refractivity contribution in [1.82, 2.24) is 0 Å². The van der Waals surface area contributed by atoms with E-state index < -0.39 is 7.82 Å². The first-order valence-electron chi connectivity index (χ1n) is 4.03. The average molecular weight is 198 g/mol. The third-order valence-corrected chi connectivity index (χ3v) is 2.25. The standard InChI is InChI=1S/C6H16NO4P/c1-2-3-4-5-6-10-12(8,9)11-7/h2-6H2,1,7H3/q+1/p+1. The molecule has 0 aromatic carbocycles. The summed E-state index contributed by atoms with van der Waals surface area (Å²) in [5, 5.41) is 0. The molecular formula is C6H17NO4P+2. The summed E-state index contributed by atoms with van der Waals surface area (Å²) in [6, 6.07) is 0. The first-order chi connectivity index (χ1) is 5.62. The normalized spacial score (nSPS) is 15.9. The number of quaternary nitrogens is 1. The molecule has 0 saturated heterocycles. The van der Waals surface area contributed by atoms with Crippen LogP contribution < -0.4 is 5.90 Å². The van der Waals surface area contributed by atoms with Gasteiger partial charge in [-0.3, -0.25) is 4.89 Å². The van der Waals surface area contributed by atoms with Gasteiger partial charge in [0.25, 0.3) is 0 Å². The van der Waals surface area contributed by atoms with E-state index in [0.29, 0.717) is 0 Å². The lowest BCUT2D eigenvalue weighted by molar-refractivity contribution is -0.643. The molecule has 0 aliphatic rings. The van der Waals surface area contributed by atoms with Gasteiger partial charge in [-0.2, -0.15) is 10.5 Å². The topological polar surface area (TPSA) is 85.5 Å². The molecule has 5 nitrogen and oxygen atoms in total. The largest absolute Gasteiger partial charge is 0.754 e.